The summed E-state index contributed by atoms with van der Waals surface area (Å²) in [6.45, 7) is 3.15. The molecule has 2 aliphatic rings. The van der Waals surface area contributed by atoms with Crippen molar-refractivity contribution < 1.29 is 4.79 Å². The maximum absolute atomic E-state index is 12.1. The number of rotatable bonds is 8. The standard InChI is InChI=1S/C16H29NO/c1-2-3-4-5-6-7-10-17-16(18)15-12-13-8-9-14(15)11-13/h13-15H,2-12H2,1H3,(H,17,18)/t13-,14+,15+/m0/s1. The molecular formula is C16H29NO. The van der Waals surface area contributed by atoms with Gasteiger partial charge in [0.05, 0.1) is 0 Å². The molecule has 104 valence electrons. The second-order valence-corrected chi connectivity index (χ2v) is 6.34. The highest BCUT2D eigenvalue weighted by Crippen LogP contribution is 2.48. The number of fused-ring (bicyclic) bond motifs is 2. The summed E-state index contributed by atoms with van der Waals surface area (Å²) >= 11 is 0. The van der Waals surface area contributed by atoms with Gasteiger partial charge in [0.1, 0.15) is 0 Å². The summed E-state index contributed by atoms with van der Waals surface area (Å²) in [5, 5.41) is 3.16. The van der Waals surface area contributed by atoms with Crippen LogP contribution in [0.4, 0.5) is 0 Å². The fraction of sp³-hybridized carbons (Fsp3) is 0.938. The Balaban J connectivity index is 1.50. The number of hydrogen-bond acceptors (Lipinski definition) is 1. The van der Waals surface area contributed by atoms with Gasteiger partial charge in [-0.3, -0.25) is 4.79 Å². The normalized spacial score (nSPS) is 29.7. The van der Waals surface area contributed by atoms with Gasteiger partial charge in [-0.1, -0.05) is 45.4 Å². The van der Waals surface area contributed by atoms with E-state index < -0.39 is 0 Å². The highest BCUT2D eigenvalue weighted by atomic mass is 16.1. The number of hydrogen-bond donors (Lipinski definition) is 1. The summed E-state index contributed by atoms with van der Waals surface area (Å²) in [5.41, 5.74) is 0. The van der Waals surface area contributed by atoms with Crippen LogP contribution in [0.15, 0.2) is 0 Å². The highest BCUT2D eigenvalue weighted by molar-refractivity contribution is 5.79. The largest absolute Gasteiger partial charge is 0.356 e. The molecule has 0 saturated heterocycles. The Morgan fingerprint density at radius 3 is 2.50 bits per heavy atom. The van der Waals surface area contributed by atoms with Gasteiger partial charge in [-0.15, -0.1) is 0 Å². The Hall–Kier alpha value is -0.530. The third-order valence-corrected chi connectivity index (χ3v) is 4.90. The Bertz CT molecular complexity index is 264. The molecule has 0 heterocycles. The van der Waals surface area contributed by atoms with Crippen LogP contribution in [0, 0.1) is 17.8 Å². The maximum Gasteiger partial charge on any atom is 0.223 e. The van der Waals surface area contributed by atoms with Crippen LogP contribution in [0.2, 0.25) is 0 Å². The Kier molecular flexibility index (Phi) is 5.52. The van der Waals surface area contributed by atoms with Gasteiger partial charge < -0.3 is 5.32 Å². The minimum Gasteiger partial charge on any atom is -0.356 e. The average molecular weight is 251 g/mol. The number of carbonyl (C=O) groups excluding carboxylic acids is 1. The molecule has 0 aromatic rings. The quantitative estimate of drug-likeness (QED) is 0.651. The summed E-state index contributed by atoms with van der Waals surface area (Å²) in [7, 11) is 0. The van der Waals surface area contributed by atoms with Gasteiger partial charge in [0.2, 0.25) is 5.91 Å². The first kappa shape index (κ1) is 13.9. The molecule has 2 rings (SSSR count). The van der Waals surface area contributed by atoms with Crippen molar-refractivity contribution in [3.05, 3.63) is 0 Å². The smallest absolute Gasteiger partial charge is 0.223 e. The van der Waals surface area contributed by atoms with E-state index in [4.69, 9.17) is 0 Å². The molecule has 18 heavy (non-hydrogen) atoms. The molecule has 2 heteroatoms. The van der Waals surface area contributed by atoms with Crippen LogP contribution in [0.3, 0.4) is 0 Å². The molecule has 1 amide bonds. The fourth-order valence-corrected chi connectivity index (χ4v) is 3.81. The van der Waals surface area contributed by atoms with Crippen LogP contribution >= 0.6 is 0 Å². The van der Waals surface area contributed by atoms with E-state index >= 15 is 0 Å². The first-order valence-electron chi connectivity index (χ1n) is 8.09. The lowest BCUT2D eigenvalue weighted by Gasteiger charge is -2.20. The second-order valence-electron chi connectivity index (χ2n) is 6.34. The van der Waals surface area contributed by atoms with E-state index in [2.05, 4.69) is 12.2 Å². The molecular weight excluding hydrogens is 222 g/mol. The minimum absolute atomic E-state index is 0.357. The SMILES string of the molecule is CCCCCCCCNC(=O)[C@@H]1C[C@H]2CC[C@@H]1C2. The van der Waals surface area contributed by atoms with E-state index in [1.165, 1.54) is 57.8 Å². The van der Waals surface area contributed by atoms with Crippen molar-refractivity contribution in [2.75, 3.05) is 6.54 Å². The van der Waals surface area contributed by atoms with Gasteiger partial charge in [0.15, 0.2) is 0 Å². The van der Waals surface area contributed by atoms with Crippen molar-refractivity contribution in [2.24, 2.45) is 17.8 Å². The zero-order valence-corrected chi connectivity index (χ0v) is 11.9. The van der Waals surface area contributed by atoms with E-state index in [1.807, 2.05) is 0 Å². The summed E-state index contributed by atoms with van der Waals surface area (Å²) < 4.78 is 0. The summed E-state index contributed by atoms with van der Waals surface area (Å²) in [6, 6.07) is 0. The summed E-state index contributed by atoms with van der Waals surface area (Å²) in [4.78, 5) is 12.1. The molecule has 0 unspecified atom stereocenters. The van der Waals surface area contributed by atoms with Crippen LogP contribution in [-0.2, 0) is 4.79 Å². The molecule has 2 nitrogen and oxygen atoms in total. The van der Waals surface area contributed by atoms with E-state index in [0.717, 1.165) is 24.8 Å². The zero-order valence-electron chi connectivity index (χ0n) is 11.9. The highest BCUT2D eigenvalue weighted by Gasteiger charge is 2.42. The Labute approximate surface area is 112 Å². The van der Waals surface area contributed by atoms with Gasteiger partial charge >= 0.3 is 0 Å². The monoisotopic (exact) mass is 251 g/mol. The topological polar surface area (TPSA) is 29.1 Å². The fourth-order valence-electron chi connectivity index (χ4n) is 3.81. The molecule has 0 radical (unpaired) electrons. The van der Waals surface area contributed by atoms with Gasteiger partial charge in [0.25, 0.3) is 0 Å². The number of amides is 1. The third kappa shape index (κ3) is 3.73. The Morgan fingerprint density at radius 2 is 1.83 bits per heavy atom. The van der Waals surface area contributed by atoms with Crippen LogP contribution in [0.25, 0.3) is 0 Å². The zero-order chi connectivity index (χ0) is 12.8. The third-order valence-electron chi connectivity index (χ3n) is 4.90. The predicted molar refractivity (Wildman–Crippen MR) is 75.3 cm³/mol. The molecule has 0 aliphatic heterocycles. The molecule has 2 aliphatic carbocycles. The first-order valence-corrected chi connectivity index (χ1v) is 8.09. The van der Waals surface area contributed by atoms with E-state index in [-0.39, 0.29) is 0 Å². The predicted octanol–water partition coefficient (Wildman–Crippen LogP) is 3.90. The van der Waals surface area contributed by atoms with Crippen molar-refractivity contribution >= 4 is 5.91 Å². The van der Waals surface area contributed by atoms with E-state index in [9.17, 15) is 4.79 Å². The lowest BCUT2D eigenvalue weighted by Crippen LogP contribution is -2.34. The van der Waals surface area contributed by atoms with E-state index in [1.54, 1.807) is 0 Å². The number of carbonyl (C=O) groups is 1. The molecule has 1 N–H and O–H groups in total. The van der Waals surface area contributed by atoms with Crippen molar-refractivity contribution in [1.82, 2.24) is 5.32 Å². The van der Waals surface area contributed by atoms with Crippen LogP contribution in [0.1, 0.15) is 71.1 Å². The average Bonchev–Trinajstić information content (AvgIpc) is 2.99. The van der Waals surface area contributed by atoms with Gasteiger partial charge in [0, 0.05) is 12.5 Å². The van der Waals surface area contributed by atoms with Crippen molar-refractivity contribution in [3.8, 4) is 0 Å². The molecule has 2 fully saturated rings. The van der Waals surface area contributed by atoms with Gasteiger partial charge in [-0.05, 0) is 37.5 Å². The summed E-state index contributed by atoms with van der Waals surface area (Å²) in [5.74, 6) is 2.32. The lowest BCUT2D eigenvalue weighted by atomic mass is 9.88. The van der Waals surface area contributed by atoms with Crippen molar-refractivity contribution in [3.63, 3.8) is 0 Å². The number of nitrogens with one attached hydrogen (secondary N) is 1. The second kappa shape index (κ2) is 7.16. The molecule has 2 bridgehead atoms. The molecule has 0 aromatic carbocycles. The maximum atomic E-state index is 12.1. The molecule has 0 aromatic heterocycles. The van der Waals surface area contributed by atoms with Crippen LogP contribution < -0.4 is 5.32 Å². The Morgan fingerprint density at radius 1 is 1.06 bits per heavy atom. The first-order chi connectivity index (χ1) is 8.81. The molecule has 0 spiro atoms. The minimum atomic E-state index is 0.357. The van der Waals surface area contributed by atoms with E-state index in [0.29, 0.717) is 11.8 Å². The van der Waals surface area contributed by atoms with Crippen LogP contribution in [0.5, 0.6) is 0 Å². The van der Waals surface area contributed by atoms with Gasteiger partial charge in [-0.2, -0.15) is 0 Å². The summed E-state index contributed by atoms with van der Waals surface area (Å²) in [6.07, 6.45) is 13.0. The lowest BCUT2D eigenvalue weighted by molar-refractivity contribution is -0.126. The van der Waals surface area contributed by atoms with Crippen molar-refractivity contribution in [1.29, 1.82) is 0 Å². The number of unbranched alkanes of at least 4 members (excludes halogenated alkanes) is 5. The van der Waals surface area contributed by atoms with Crippen LogP contribution in [-0.4, -0.2) is 12.5 Å². The van der Waals surface area contributed by atoms with Crippen molar-refractivity contribution in [2.45, 2.75) is 71.1 Å². The van der Waals surface area contributed by atoms with Gasteiger partial charge in [-0.25, -0.2) is 0 Å². The molecule has 2 saturated carbocycles. The molecule has 3 atom stereocenters.